The van der Waals surface area contributed by atoms with E-state index in [2.05, 4.69) is 20.3 Å². The molecule has 1 aliphatic heterocycles. The molecular weight excluding hydrogens is 244 g/mol. The maximum Gasteiger partial charge on any atom is 0.368 e. The highest BCUT2D eigenvalue weighted by Gasteiger charge is 2.08. The van der Waals surface area contributed by atoms with E-state index in [-0.39, 0.29) is 5.91 Å². The van der Waals surface area contributed by atoms with Crippen molar-refractivity contribution in [2.75, 3.05) is 5.32 Å². The Labute approximate surface area is 107 Å². The van der Waals surface area contributed by atoms with Gasteiger partial charge in [-0.15, -0.1) is 0 Å². The summed E-state index contributed by atoms with van der Waals surface area (Å²) in [5, 5.41) is 3.70. The molecule has 0 fully saturated rings. The summed E-state index contributed by atoms with van der Waals surface area (Å²) in [6, 6.07) is 7.75. The Morgan fingerprint density at radius 3 is 2.74 bits per heavy atom. The number of benzene rings is 1. The lowest BCUT2D eigenvalue weighted by Gasteiger charge is -2.03. The van der Waals surface area contributed by atoms with Crippen LogP contribution in [0.2, 0.25) is 0 Å². The summed E-state index contributed by atoms with van der Waals surface area (Å²) in [6.07, 6.45) is 3.07. The maximum atomic E-state index is 11.9. The molecule has 0 radical (unpaired) electrons. The smallest absolute Gasteiger partial charge is 0.322 e. The van der Waals surface area contributed by atoms with Crippen LogP contribution < -0.4 is 16.0 Å². The SMILES string of the molecule is O=C1N=c2ccc(NC(=O)c3cccnc3)cc2=N1. The number of nitrogens with one attached hydrogen (secondary N) is 1. The number of anilines is 1. The summed E-state index contributed by atoms with van der Waals surface area (Å²) in [5.41, 5.74) is 1.02. The number of carbonyl (C=O) groups excluding carboxylic acids is 2. The summed E-state index contributed by atoms with van der Waals surface area (Å²) < 4.78 is 0. The van der Waals surface area contributed by atoms with Crippen molar-refractivity contribution in [3.8, 4) is 0 Å². The number of amides is 3. The molecule has 6 heteroatoms. The molecular formula is C13H8N4O2. The summed E-state index contributed by atoms with van der Waals surface area (Å²) in [6.45, 7) is 0. The van der Waals surface area contributed by atoms with Gasteiger partial charge in [-0.3, -0.25) is 9.78 Å². The van der Waals surface area contributed by atoms with E-state index in [4.69, 9.17) is 0 Å². The summed E-state index contributed by atoms with van der Waals surface area (Å²) in [7, 11) is 0. The Hall–Kier alpha value is -2.89. The second-order valence-corrected chi connectivity index (χ2v) is 3.91. The van der Waals surface area contributed by atoms with Crippen LogP contribution in [0.5, 0.6) is 0 Å². The Morgan fingerprint density at radius 2 is 1.95 bits per heavy atom. The van der Waals surface area contributed by atoms with Crippen LogP contribution in [0.25, 0.3) is 0 Å². The van der Waals surface area contributed by atoms with Gasteiger partial charge in [-0.2, -0.15) is 9.98 Å². The predicted molar refractivity (Wildman–Crippen MR) is 66.3 cm³/mol. The van der Waals surface area contributed by atoms with Crippen molar-refractivity contribution in [1.82, 2.24) is 4.98 Å². The standard InChI is InChI=1S/C13H8N4O2/c18-12(8-2-1-5-14-7-8)15-9-3-4-10-11(6-9)17-13(19)16-10/h1-7H,(H,15,18). The van der Waals surface area contributed by atoms with Crippen LogP contribution >= 0.6 is 0 Å². The van der Waals surface area contributed by atoms with E-state index >= 15 is 0 Å². The van der Waals surface area contributed by atoms with E-state index < -0.39 is 6.03 Å². The third kappa shape index (κ3) is 2.23. The molecule has 0 bridgehead atoms. The first-order chi connectivity index (χ1) is 9.22. The van der Waals surface area contributed by atoms with E-state index in [9.17, 15) is 9.59 Å². The van der Waals surface area contributed by atoms with Gasteiger partial charge in [-0.05, 0) is 30.3 Å². The van der Waals surface area contributed by atoms with Crippen molar-refractivity contribution in [3.05, 3.63) is 59.0 Å². The first-order valence-corrected chi connectivity index (χ1v) is 5.55. The minimum atomic E-state index is -0.522. The highest BCUT2D eigenvalue weighted by Crippen LogP contribution is 2.05. The van der Waals surface area contributed by atoms with Crippen LogP contribution in [0.4, 0.5) is 10.5 Å². The van der Waals surface area contributed by atoms with Crippen molar-refractivity contribution < 1.29 is 9.59 Å². The van der Waals surface area contributed by atoms with Gasteiger partial charge in [0.25, 0.3) is 5.91 Å². The van der Waals surface area contributed by atoms with Crippen LogP contribution in [0.1, 0.15) is 10.4 Å². The van der Waals surface area contributed by atoms with Crippen LogP contribution in [0, 0.1) is 0 Å². The van der Waals surface area contributed by atoms with Crippen molar-refractivity contribution in [3.63, 3.8) is 0 Å². The second kappa shape index (κ2) is 4.41. The van der Waals surface area contributed by atoms with Gasteiger partial charge in [0.05, 0.1) is 16.3 Å². The van der Waals surface area contributed by atoms with Crippen LogP contribution in [-0.2, 0) is 0 Å². The topological polar surface area (TPSA) is 83.8 Å². The molecule has 1 aromatic heterocycles. The van der Waals surface area contributed by atoms with E-state index in [0.29, 0.717) is 22.0 Å². The summed E-state index contributed by atoms with van der Waals surface area (Å²) >= 11 is 0. The molecule has 1 aromatic carbocycles. The number of hydrogen-bond donors (Lipinski definition) is 1. The van der Waals surface area contributed by atoms with E-state index in [1.54, 1.807) is 36.5 Å². The van der Waals surface area contributed by atoms with Crippen molar-refractivity contribution in [1.29, 1.82) is 0 Å². The van der Waals surface area contributed by atoms with E-state index in [1.165, 1.54) is 6.20 Å². The Balaban J connectivity index is 1.89. The van der Waals surface area contributed by atoms with E-state index in [0.717, 1.165) is 0 Å². The van der Waals surface area contributed by atoms with Gasteiger partial charge in [0.1, 0.15) is 0 Å². The lowest BCUT2D eigenvalue weighted by Crippen LogP contribution is -2.22. The van der Waals surface area contributed by atoms with Crippen LogP contribution in [0.3, 0.4) is 0 Å². The Bertz CT molecular complexity index is 784. The highest BCUT2D eigenvalue weighted by atomic mass is 16.2. The molecule has 0 saturated carbocycles. The zero-order chi connectivity index (χ0) is 13.2. The highest BCUT2D eigenvalue weighted by molar-refractivity contribution is 6.04. The second-order valence-electron chi connectivity index (χ2n) is 3.91. The number of aromatic nitrogens is 1. The van der Waals surface area contributed by atoms with Crippen molar-refractivity contribution in [2.24, 2.45) is 9.98 Å². The minimum absolute atomic E-state index is 0.269. The number of hydrogen-bond acceptors (Lipinski definition) is 3. The molecule has 6 nitrogen and oxygen atoms in total. The number of fused-ring (bicyclic) bond motifs is 1. The fourth-order valence-corrected chi connectivity index (χ4v) is 1.72. The molecule has 2 heterocycles. The fourth-order valence-electron chi connectivity index (χ4n) is 1.72. The number of pyridine rings is 1. The number of rotatable bonds is 2. The lowest BCUT2D eigenvalue weighted by molar-refractivity contribution is 0.102. The van der Waals surface area contributed by atoms with Crippen LogP contribution in [-0.4, -0.2) is 16.9 Å². The maximum absolute atomic E-state index is 11.9. The monoisotopic (exact) mass is 252 g/mol. The van der Waals surface area contributed by atoms with Gasteiger partial charge in [0.2, 0.25) is 0 Å². The molecule has 0 saturated heterocycles. The average Bonchev–Trinajstić information content (AvgIpc) is 2.79. The van der Waals surface area contributed by atoms with Crippen molar-refractivity contribution in [2.45, 2.75) is 0 Å². The largest absolute Gasteiger partial charge is 0.368 e. The minimum Gasteiger partial charge on any atom is -0.322 e. The molecule has 0 unspecified atom stereocenters. The average molecular weight is 252 g/mol. The molecule has 92 valence electrons. The van der Waals surface area contributed by atoms with Gasteiger partial charge >= 0.3 is 6.03 Å². The molecule has 1 N–H and O–H groups in total. The predicted octanol–water partition coefficient (Wildman–Crippen LogP) is 0.707. The summed E-state index contributed by atoms with van der Waals surface area (Å²) in [4.78, 5) is 34.2. The molecule has 1 aliphatic rings. The Morgan fingerprint density at radius 1 is 1.11 bits per heavy atom. The first kappa shape index (κ1) is 11.2. The number of carbonyl (C=O) groups is 2. The van der Waals surface area contributed by atoms with E-state index in [1.807, 2.05) is 0 Å². The zero-order valence-corrected chi connectivity index (χ0v) is 9.70. The zero-order valence-electron chi connectivity index (χ0n) is 9.70. The Kier molecular flexibility index (Phi) is 2.60. The van der Waals surface area contributed by atoms with Crippen LogP contribution in [0.15, 0.2) is 52.7 Å². The fraction of sp³-hybridized carbons (Fsp3) is 0. The summed E-state index contributed by atoms with van der Waals surface area (Å²) in [5.74, 6) is -0.269. The van der Waals surface area contributed by atoms with Gasteiger partial charge < -0.3 is 5.32 Å². The van der Waals surface area contributed by atoms with Crippen molar-refractivity contribution >= 4 is 17.6 Å². The van der Waals surface area contributed by atoms with Gasteiger partial charge in [-0.1, -0.05) is 0 Å². The molecule has 3 amide bonds. The molecule has 0 aliphatic carbocycles. The third-order valence-corrected chi connectivity index (χ3v) is 2.59. The molecule has 0 spiro atoms. The molecule has 2 aromatic rings. The normalized spacial score (nSPS) is 12.3. The van der Waals surface area contributed by atoms with Gasteiger partial charge in [0, 0.05) is 18.1 Å². The number of nitrogens with zero attached hydrogens (tertiary/aromatic N) is 3. The quantitative estimate of drug-likeness (QED) is 0.854. The van der Waals surface area contributed by atoms with Gasteiger partial charge in [-0.25, -0.2) is 4.79 Å². The molecule has 3 rings (SSSR count). The van der Waals surface area contributed by atoms with Gasteiger partial charge in [0.15, 0.2) is 0 Å². The first-order valence-electron chi connectivity index (χ1n) is 5.55. The third-order valence-electron chi connectivity index (χ3n) is 2.59. The molecule has 19 heavy (non-hydrogen) atoms. The number of urea groups is 1. The molecule has 0 atom stereocenters. The lowest BCUT2D eigenvalue weighted by atomic mass is 10.2.